The van der Waals surface area contributed by atoms with Crippen molar-refractivity contribution in [1.82, 2.24) is 5.32 Å². The maximum absolute atomic E-state index is 6.25. The molecule has 106 valence electrons. The van der Waals surface area contributed by atoms with E-state index in [4.69, 9.17) is 11.6 Å². The minimum Gasteiger partial charge on any atom is -0.316 e. The van der Waals surface area contributed by atoms with E-state index < -0.39 is 0 Å². The number of nitrogens with one attached hydrogen (secondary N) is 1. The lowest BCUT2D eigenvalue weighted by molar-refractivity contribution is 0.556. The minimum atomic E-state index is 0.399. The summed E-state index contributed by atoms with van der Waals surface area (Å²) >= 11 is 6.25. The van der Waals surface area contributed by atoms with Gasteiger partial charge in [-0.3, -0.25) is 0 Å². The number of hydrogen-bond acceptors (Lipinski definition) is 1. The van der Waals surface area contributed by atoms with Gasteiger partial charge in [-0.2, -0.15) is 0 Å². The van der Waals surface area contributed by atoms with Crippen molar-refractivity contribution >= 4 is 11.6 Å². The molecule has 2 rings (SSSR count). The molecule has 1 atom stereocenters. The number of aryl methyl sites for hydroxylation is 2. The van der Waals surface area contributed by atoms with Crippen LogP contribution < -0.4 is 5.32 Å². The first kappa shape index (κ1) is 15.1. The van der Waals surface area contributed by atoms with E-state index in [0.29, 0.717) is 6.04 Å². The fourth-order valence-electron chi connectivity index (χ4n) is 2.68. The normalized spacial score (nSPS) is 12.4. The molecule has 2 heteroatoms. The smallest absolute Gasteiger partial charge is 0.0438 e. The van der Waals surface area contributed by atoms with Crippen LogP contribution in [0.15, 0.2) is 42.5 Å². The summed E-state index contributed by atoms with van der Waals surface area (Å²) in [5, 5.41) is 4.26. The molecule has 1 nitrogen and oxygen atoms in total. The minimum absolute atomic E-state index is 0.399. The molecule has 1 N–H and O–H groups in total. The van der Waals surface area contributed by atoms with E-state index in [0.717, 1.165) is 17.9 Å². The van der Waals surface area contributed by atoms with Gasteiger partial charge in [0.2, 0.25) is 0 Å². The van der Waals surface area contributed by atoms with E-state index in [9.17, 15) is 0 Å². The van der Waals surface area contributed by atoms with E-state index in [-0.39, 0.29) is 0 Å². The van der Waals surface area contributed by atoms with Crippen molar-refractivity contribution in [2.45, 2.75) is 32.7 Å². The van der Waals surface area contributed by atoms with E-state index in [1.807, 2.05) is 25.2 Å². The summed E-state index contributed by atoms with van der Waals surface area (Å²) in [5.74, 6) is 0. The molecule has 0 aromatic heterocycles. The second-order valence-electron chi connectivity index (χ2n) is 5.48. The summed E-state index contributed by atoms with van der Waals surface area (Å²) in [6, 6.07) is 15.2. The average Bonchev–Trinajstić information content (AvgIpc) is 2.39. The van der Waals surface area contributed by atoms with Crippen LogP contribution in [0, 0.1) is 13.8 Å². The van der Waals surface area contributed by atoms with Crippen LogP contribution in [-0.2, 0) is 12.8 Å². The van der Waals surface area contributed by atoms with Crippen LogP contribution in [0.3, 0.4) is 0 Å². The second-order valence-corrected chi connectivity index (χ2v) is 5.89. The molecule has 0 fully saturated rings. The molecule has 0 aliphatic rings. The van der Waals surface area contributed by atoms with Gasteiger partial charge in [0.1, 0.15) is 0 Å². The SMILES string of the molecule is CNC(Cc1cc(C)cc(C)c1)Cc1ccccc1Cl. The van der Waals surface area contributed by atoms with Gasteiger partial charge in [-0.15, -0.1) is 0 Å². The molecular weight excluding hydrogens is 266 g/mol. The Morgan fingerprint density at radius 1 is 1.00 bits per heavy atom. The number of halogens is 1. The Labute approximate surface area is 127 Å². The highest BCUT2D eigenvalue weighted by Gasteiger charge is 2.11. The Morgan fingerprint density at radius 2 is 1.65 bits per heavy atom. The van der Waals surface area contributed by atoms with Crippen molar-refractivity contribution in [1.29, 1.82) is 0 Å². The fourth-order valence-corrected chi connectivity index (χ4v) is 2.89. The first-order chi connectivity index (χ1) is 9.58. The lowest BCUT2D eigenvalue weighted by Gasteiger charge is -2.18. The number of likely N-dealkylation sites (N-methyl/N-ethyl adjacent to an activating group) is 1. The van der Waals surface area contributed by atoms with Gasteiger partial charge in [0.25, 0.3) is 0 Å². The first-order valence-electron chi connectivity index (χ1n) is 7.06. The van der Waals surface area contributed by atoms with Crippen LogP contribution in [0.1, 0.15) is 22.3 Å². The molecular formula is C18H22ClN. The zero-order valence-electron chi connectivity index (χ0n) is 12.4. The van der Waals surface area contributed by atoms with E-state index in [1.165, 1.54) is 22.3 Å². The Bertz CT molecular complexity index is 557. The fraction of sp³-hybridized carbons (Fsp3) is 0.333. The van der Waals surface area contributed by atoms with Gasteiger partial charge in [0.15, 0.2) is 0 Å². The molecule has 0 heterocycles. The molecule has 20 heavy (non-hydrogen) atoms. The molecule has 0 aliphatic heterocycles. The van der Waals surface area contributed by atoms with Gasteiger partial charge in [-0.05, 0) is 50.9 Å². The third-order valence-electron chi connectivity index (χ3n) is 3.60. The summed E-state index contributed by atoms with van der Waals surface area (Å²) in [6.07, 6.45) is 1.97. The number of rotatable bonds is 5. The predicted molar refractivity (Wildman–Crippen MR) is 87.6 cm³/mol. The third kappa shape index (κ3) is 4.09. The topological polar surface area (TPSA) is 12.0 Å². The lowest BCUT2D eigenvalue weighted by Crippen LogP contribution is -2.30. The highest BCUT2D eigenvalue weighted by Crippen LogP contribution is 2.18. The molecule has 0 bridgehead atoms. The summed E-state index contributed by atoms with van der Waals surface area (Å²) in [5.41, 5.74) is 5.24. The quantitative estimate of drug-likeness (QED) is 0.863. The standard InChI is InChI=1S/C18H22ClN/c1-13-8-14(2)10-15(9-13)11-17(20-3)12-16-6-4-5-7-18(16)19/h4-10,17,20H,11-12H2,1-3H3. The van der Waals surface area contributed by atoms with Crippen molar-refractivity contribution in [3.05, 3.63) is 69.7 Å². The molecule has 1 unspecified atom stereocenters. The number of benzene rings is 2. The van der Waals surface area contributed by atoms with Gasteiger partial charge in [-0.1, -0.05) is 59.1 Å². The zero-order chi connectivity index (χ0) is 14.5. The molecule has 0 saturated heterocycles. The van der Waals surface area contributed by atoms with Crippen LogP contribution >= 0.6 is 11.6 Å². The van der Waals surface area contributed by atoms with Crippen molar-refractivity contribution in [3.63, 3.8) is 0 Å². The maximum atomic E-state index is 6.25. The second kappa shape index (κ2) is 6.92. The highest BCUT2D eigenvalue weighted by molar-refractivity contribution is 6.31. The highest BCUT2D eigenvalue weighted by atomic mass is 35.5. The van der Waals surface area contributed by atoms with Crippen LogP contribution in [-0.4, -0.2) is 13.1 Å². The van der Waals surface area contributed by atoms with Crippen LogP contribution in [0.5, 0.6) is 0 Å². The first-order valence-corrected chi connectivity index (χ1v) is 7.44. The van der Waals surface area contributed by atoms with Crippen LogP contribution in [0.4, 0.5) is 0 Å². The van der Waals surface area contributed by atoms with Gasteiger partial charge in [0.05, 0.1) is 0 Å². The molecule has 0 radical (unpaired) electrons. The van der Waals surface area contributed by atoms with Crippen LogP contribution in [0.25, 0.3) is 0 Å². The molecule has 0 aliphatic carbocycles. The monoisotopic (exact) mass is 287 g/mol. The summed E-state index contributed by atoms with van der Waals surface area (Å²) < 4.78 is 0. The van der Waals surface area contributed by atoms with Gasteiger partial charge in [0, 0.05) is 11.1 Å². The van der Waals surface area contributed by atoms with Crippen molar-refractivity contribution in [2.75, 3.05) is 7.05 Å². The molecule has 0 saturated carbocycles. The van der Waals surface area contributed by atoms with Gasteiger partial charge < -0.3 is 5.32 Å². The average molecular weight is 288 g/mol. The number of hydrogen-bond donors (Lipinski definition) is 1. The van der Waals surface area contributed by atoms with Crippen molar-refractivity contribution in [2.24, 2.45) is 0 Å². The molecule has 0 spiro atoms. The van der Waals surface area contributed by atoms with Gasteiger partial charge >= 0.3 is 0 Å². The molecule has 2 aromatic carbocycles. The van der Waals surface area contributed by atoms with Crippen molar-refractivity contribution in [3.8, 4) is 0 Å². The predicted octanol–water partition coefficient (Wildman–Crippen LogP) is 4.33. The Hall–Kier alpha value is -1.31. The van der Waals surface area contributed by atoms with Crippen molar-refractivity contribution < 1.29 is 0 Å². The zero-order valence-corrected chi connectivity index (χ0v) is 13.2. The lowest BCUT2D eigenvalue weighted by atomic mass is 9.97. The summed E-state index contributed by atoms with van der Waals surface area (Å²) in [6.45, 7) is 4.30. The Balaban J connectivity index is 2.11. The molecule has 0 amide bonds. The maximum Gasteiger partial charge on any atom is 0.0438 e. The Kier molecular flexibility index (Phi) is 5.22. The Morgan fingerprint density at radius 3 is 2.25 bits per heavy atom. The summed E-state index contributed by atoms with van der Waals surface area (Å²) in [7, 11) is 2.02. The van der Waals surface area contributed by atoms with Gasteiger partial charge in [-0.25, -0.2) is 0 Å². The largest absolute Gasteiger partial charge is 0.316 e. The molecule has 2 aromatic rings. The van der Waals surface area contributed by atoms with E-state index in [1.54, 1.807) is 0 Å². The van der Waals surface area contributed by atoms with Crippen LogP contribution in [0.2, 0.25) is 5.02 Å². The van der Waals surface area contributed by atoms with E-state index in [2.05, 4.69) is 43.4 Å². The van der Waals surface area contributed by atoms with E-state index >= 15 is 0 Å². The summed E-state index contributed by atoms with van der Waals surface area (Å²) in [4.78, 5) is 0. The third-order valence-corrected chi connectivity index (χ3v) is 3.96.